The van der Waals surface area contributed by atoms with Gasteiger partial charge in [0.25, 0.3) is 0 Å². The molecule has 0 saturated heterocycles. The summed E-state index contributed by atoms with van der Waals surface area (Å²) < 4.78 is 27.0. The van der Waals surface area contributed by atoms with Crippen molar-refractivity contribution in [3.63, 3.8) is 0 Å². The van der Waals surface area contributed by atoms with Crippen molar-refractivity contribution in [2.24, 2.45) is 0 Å². The highest BCUT2D eigenvalue weighted by Gasteiger charge is 2.17. The number of hydrogen-bond donors (Lipinski definition) is 2. The Morgan fingerprint density at radius 2 is 1.85 bits per heavy atom. The second-order valence-corrected chi connectivity index (χ2v) is 6.95. The van der Waals surface area contributed by atoms with Crippen LogP contribution in [0.3, 0.4) is 0 Å². The average Bonchev–Trinajstić information content (AvgIpc) is 2.37. The van der Waals surface area contributed by atoms with E-state index in [-0.39, 0.29) is 17.5 Å². The molecule has 0 aromatic heterocycles. The number of hydrogen-bond acceptors (Lipinski definition) is 4. The smallest absolute Gasteiger partial charge is 0.240 e. The molecule has 5 nitrogen and oxygen atoms in total. The molecule has 1 rings (SSSR count). The number of rotatable bonds is 8. The molecule has 0 spiro atoms. The van der Waals surface area contributed by atoms with Gasteiger partial charge in [-0.2, -0.15) is 0 Å². The minimum atomic E-state index is -3.47. The maximum Gasteiger partial charge on any atom is 0.240 e. The van der Waals surface area contributed by atoms with E-state index in [2.05, 4.69) is 4.72 Å². The first kappa shape index (κ1) is 17.1. The lowest BCUT2D eigenvalue weighted by molar-refractivity contribution is 0.299. The highest BCUT2D eigenvalue weighted by Crippen LogP contribution is 2.12. The third kappa shape index (κ3) is 5.58. The first-order chi connectivity index (χ1) is 9.35. The van der Waals surface area contributed by atoms with E-state index >= 15 is 0 Å². The number of sulfonamides is 1. The molecule has 1 aromatic carbocycles. The lowest BCUT2D eigenvalue weighted by atomic mass is 10.2. The van der Waals surface area contributed by atoms with Crippen LogP contribution in [0.4, 0.5) is 0 Å². The Kier molecular flexibility index (Phi) is 6.61. The van der Waals surface area contributed by atoms with Crippen molar-refractivity contribution in [2.75, 3.05) is 27.2 Å². The number of benzene rings is 1. The number of nitrogens with one attached hydrogen (secondary N) is 1. The predicted molar refractivity (Wildman–Crippen MR) is 80.2 cm³/mol. The normalized spacial score (nSPS) is 13.7. The molecular weight excluding hydrogens is 276 g/mol. The molecule has 0 aliphatic heterocycles. The molecule has 0 aliphatic rings. The van der Waals surface area contributed by atoms with Crippen LogP contribution in [0.1, 0.15) is 18.9 Å². The van der Waals surface area contributed by atoms with Gasteiger partial charge in [-0.05, 0) is 58.1 Å². The molecular formula is C14H24N2O3S. The molecule has 0 fully saturated rings. The fraction of sp³-hybridized carbons (Fsp3) is 0.571. The van der Waals surface area contributed by atoms with Crippen molar-refractivity contribution in [3.8, 4) is 0 Å². The van der Waals surface area contributed by atoms with Gasteiger partial charge in [-0.3, -0.25) is 0 Å². The van der Waals surface area contributed by atoms with E-state index in [1.54, 1.807) is 24.3 Å². The van der Waals surface area contributed by atoms with E-state index in [1.807, 2.05) is 25.9 Å². The predicted octanol–water partition coefficient (Wildman–Crippen LogP) is 0.840. The van der Waals surface area contributed by atoms with Crippen molar-refractivity contribution in [3.05, 3.63) is 29.8 Å². The third-order valence-corrected chi connectivity index (χ3v) is 4.61. The van der Waals surface area contributed by atoms with Crippen LogP contribution in [0.2, 0.25) is 0 Å². The molecule has 1 aromatic rings. The highest BCUT2D eigenvalue weighted by atomic mass is 32.2. The van der Waals surface area contributed by atoms with Crippen LogP contribution in [-0.2, 0) is 16.4 Å². The molecule has 0 aliphatic carbocycles. The maximum atomic E-state index is 12.2. The molecule has 114 valence electrons. The fourth-order valence-corrected chi connectivity index (χ4v) is 3.09. The first-order valence-corrected chi connectivity index (χ1v) is 8.20. The van der Waals surface area contributed by atoms with Crippen LogP contribution in [-0.4, -0.2) is 51.7 Å². The van der Waals surface area contributed by atoms with Gasteiger partial charge in [-0.15, -0.1) is 0 Å². The number of nitrogens with zero attached hydrogens (tertiary/aromatic N) is 1. The van der Waals surface area contributed by atoms with E-state index < -0.39 is 10.0 Å². The Morgan fingerprint density at radius 3 is 2.35 bits per heavy atom. The second kappa shape index (κ2) is 7.73. The Morgan fingerprint density at radius 1 is 1.25 bits per heavy atom. The number of aliphatic hydroxyl groups excluding tert-OH is 1. The van der Waals surface area contributed by atoms with Gasteiger partial charge in [-0.1, -0.05) is 12.1 Å². The lowest BCUT2D eigenvalue weighted by Crippen LogP contribution is -2.34. The summed E-state index contributed by atoms with van der Waals surface area (Å²) in [7, 11) is 0.449. The van der Waals surface area contributed by atoms with Crippen LogP contribution < -0.4 is 4.72 Å². The van der Waals surface area contributed by atoms with Gasteiger partial charge < -0.3 is 10.0 Å². The summed E-state index contributed by atoms with van der Waals surface area (Å²) in [6.07, 6.45) is 1.29. The SMILES string of the molecule is CC(CCN(C)C)NS(=O)(=O)c1ccc(CCO)cc1. The van der Waals surface area contributed by atoms with E-state index in [4.69, 9.17) is 5.11 Å². The van der Waals surface area contributed by atoms with Crippen molar-refractivity contribution in [2.45, 2.75) is 30.7 Å². The third-order valence-electron chi connectivity index (χ3n) is 3.00. The molecule has 2 N–H and O–H groups in total. The summed E-state index contributed by atoms with van der Waals surface area (Å²) >= 11 is 0. The van der Waals surface area contributed by atoms with Crippen LogP contribution in [0.15, 0.2) is 29.2 Å². The molecule has 1 atom stereocenters. The molecule has 0 bridgehead atoms. The Hall–Kier alpha value is -0.950. The summed E-state index contributed by atoms with van der Waals surface area (Å²) in [5.41, 5.74) is 0.923. The molecule has 20 heavy (non-hydrogen) atoms. The zero-order valence-electron chi connectivity index (χ0n) is 12.3. The van der Waals surface area contributed by atoms with E-state index in [1.165, 1.54) is 0 Å². The largest absolute Gasteiger partial charge is 0.396 e. The quantitative estimate of drug-likeness (QED) is 0.746. The van der Waals surface area contributed by atoms with Gasteiger partial charge in [0.15, 0.2) is 0 Å². The first-order valence-electron chi connectivity index (χ1n) is 6.72. The van der Waals surface area contributed by atoms with Crippen molar-refractivity contribution < 1.29 is 13.5 Å². The van der Waals surface area contributed by atoms with Crippen LogP contribution in [0.25, 0.3) is 0 Å². The summed E-state index contributed by atoms with van der Waals surface area (Å²) in [6.45, 7) is 2.76. The van der Waals surface area contributed by atoms with Crippen molar-refractivity contribution >= 4 is 10.0 Å². The molecule has 1 unspecified atom stereocenters. The molecule has 0 radical (unpaired) electrons. The van der Waals surface area contributed by atoms with Crippen LogP contribution in [0, 0.1) is 0 Å². The van der Waals surface area contributed by atoms with Crippen molar-refractivity contribution in [1.82, 2.24) is 9.62 Å². The summed E-state index contributed by atoms with van der Waals surface area (Å²) in [4.78, 5) is 2.28. The topological polar surface area (TPSA) is 69.6 Å². The maximum absolute atomic E-state index is 12.2. The molecule has 0 saturated carbocycles. The summed E-state index contributed by atoms with van der Waals surface area (Å²) in [6, 6.07) is 6.50. The van der Waals surface area contributed by atoms with Gasteiger partial charge in [0.2, 0.25) is 10.0 Å². The van der Waals surface area contributed by atoms with E-state index in [0.29, 0.717) is 6.42 Å². The standard InChI is InChI=1S/C14H24N2O3S/c1-12(8-10-16(2)3)15-20(18,19)14-6-4-13(5-7-14)9-11-17/h4-7,12,15,17H,8-11H2,1-3H3. The second-order valence-electron chi connectivity index (χ2n) is 5.23. The highest BCUT2D eigenvalue weighted by molar-refractivity contribution is 7.89. The molecule has 0 heterocycles. The van der Waals surface area contributed by atoms with Gasteiger partial charge in [0.05, 0.1) is 4.90 Å². The summed E-state index contributed by atoms with van der Waals surface area (Å²) in [5.74, 6) is 0. The Balaban J connectivity index is 2.68. The minimum absolute atomic E-state index is 0.0614. The average molecular weight is 300 g/mol. The van der Waals surface area contributed by atoms with Gasteiger partial charge in [-0.25, -0.2) is 13.1 Å². The van der Waals surface area contributed by atoms with Crippen LogP contribution >= 0.6 is 0 Å². The Labute approximate surface area is 121 Å². The number of aliphatic hydroxyl groups is 1. The zero-order valence-corrected chi connectivity index (χ0v) is 13.2. The van der Waals surface area contributed by atoms with E-state index in [0.717, 1.165) is 18.5 Å². The van der Waals surface area contributed by atoms with E-state index in [9.17, 15) is 8.42 Å². The van der Waals surface area contributed by atoms with Crippen molar-refractivity contribution in [1.29, 1.82) is 0 Å². The van der Waals surface area contributed by atoms with Crippen LogP contribution in [0.5, 0.6) is 0 Å². The Bertz CT molecular complexity index is 498. The van der Waals surface area contributed by atoms with Gasteiger partial charge in [0.1, 0.15) is 0 Å². The summed E-state index contributed by atoms with van der Waals surface area (Å²) in [5, 5.41) is 8.84. The lowest BCUT2D eigenvalue weighted by Gasteiger charge is -2.17. The van der Waals surface area contributed by atoms with Gasteiger partial charge in [0, 0.05) is 12.6 Å². The monoisotopic (exact) mass is 300 g/mol. The molecule has 0 amide bonds. The van der Waals surface area contributed by atoms with Gasteiger partial charge >= 0.3 is 0 Å². The minimum Gasteiger partial charge on any atom is -0.396 e. The zero-order chi connectivity index (χ0) is 15.2. The fourth-order valence-electron chi connectivity index (χ4n) is 1.81. The molecule has 6 heteroatoms.